The monoisotopic (exact) mass is 396 g/mol. The van der Waals surface area contributed by atoms with Crippen molar-refractivity contribution in [3.05, 3.63) is 39.6 Å². The molecule has 3 aliphatic rings. The number of benzene rings is 1. The van der Waals surface area contributed by atoms with Crippen molar-refractivity contribution in [1.29, 1.82) is 0 Å². The lowest BCUT2D eigenvalue weighted by atomic mass is 9.83. The molecule has 0 saturated heterocycles. The maximum atomic E-state index is 12.7. The highest BCUT2D eigenvalue weighted by Crippen LogP contribution is 2.39. The summed E-state index contributed by atoms with van der Waals surface area (Å²) >= 11 is 0. The molecule has 156 valence electrons. The predicted octanol–water partition coefficient (Wildman–Crippen LogP) is 4.70. The molecule has 2 aliphatic carbocycles. The Morgan fingerprint density at radius 1 is 1.14 bits per heavy atom. The highest BCUT2D eigenvalue weighted by atomic mass is 16.5. The first-order chi connectivity index (χ1) is 14.1. The Labute approximate surface area is 173 Å². The molecule has 1 aromatic carbocycles. The fourth-order valence-corrected chi connectivity index (χ4v) is 4.70. The molecule has 1 aromatic rings. The van der Waals surface area contributed by atoms with E-state index < -0.39 is 6.03 Å². The standard InChI is InChI=1S/C23H32N4O2/c1-3-18-9-5-4-7-15(2)21(14-24-18)27(29)26-23(28)25-22-19-10-6-8-16(19)13-17-11-12-20(17)22/h13-14,18,29H,3-12H2,1-2H3,(H2,25,26,28)/b21-15-,24-14-. The second-order valence-corrected chi connectivity index (χ2v) is 8.51. The van der Waals surface area contributed by atoms with E-state index in [0.717, 1.165) is 80.6 Å². The molecule has 0 fully saturated rings. The maximum Gasteiger partial charge on any atom is 0.339 e. The van der Waals surface area contributed by atoms with E-state index in [1.165, 1.54) is 22.3 Å². The first-order valence-electron chi connectivity index (χ1n) is 11.0. The minimum absolute atomic E-state index is 0.267. The number of aliphatic imine (C=N–C) groups is 1. The summed E-state index contributed by atoms with van der Waals surface area (Å²) in [6.45, 7) is 4.12. The molecule has 0 bridgehead atoms. The normalized spacial score (nSPS) is 24.3. The summed E-state index contributed by atoms with van der Waals surface area (Å²) < 4.78 is 0. The third-order valence-corrected chi connectivity index (χ3v) is 6.57. The summed E-state index contributed by atoms with van der Waals surface area (Å²) in [7, 11) is 0. The van der Waals surface area contributed by atoms with Gasteiger partial charge in [0, 0.05) is 17.9 Å². The second-order valence-electron chi connectivity index (χ2n) is 8.51. The first-order valence-corrected chi connectivity index (χ1v) is 11.0. The van der Waals surface area contributed by atoms with Crippen molar-refractivity contribution in [3.8, 4) is 0 Å². The minimum Gasteiger partial charge on any atom is -0.306 e. The van der Waals surface area contributed by atoms with Gasteiger partial charge < -0.3 is 5.32 Å². The van der Waals surface area contributed by atoms with E-state index in [1.54, 1.807) is 6.21 Å². The summed E-state index contributed by atoms with van der Waals surface area (Å²) in [5.74, 6) is 0. The Hall–Kier alpha value is -2.34. The van der Waals surface area contributed by atoms with Gasteiger partial charge in [-0.15, -0.1) is 0 Å². The lowest BCUT2D eigenvalue weighted by Crippen LogP contribution is -2.43. The van der Waals surface area contributed by atoms with Gasteiger partial charge in [-0.2, -0.15) is 5.17 Å². The number of amides is 2. The van der Waals surface area contributed by atoms with Gasteiger partial charge in [-0.05, 0) is 92.5 Å². The number of fused-ring (bicyclic) bond motifs is 2. The second kappa shape index (κ2) is 8.57. The van der Waals surface area contributed by atoms with Crippen LogP contribution in [0.4, 0.5) is 10.5 Å². The number of hydrogen-bond donors (Lipinski definition) is 3. The van der Waals surface area contributed by atoms with Crippen LogP contribution in [0.2, 0.25) is 0 Å². The number of hydroxylamine groups is 1. The van der Waals surface area contributed by atoms with Crippen molar-refractivity contribution < 1.29 is 10.0 Å². The number of anilines is 1. The fraction of sp³-hybridized carbons (Fsp3) is 0.565. The number of carbonyl (C=O) groups excluding carboxylic acids is 1. The molecule has 2 amide bonds. The van der Waals surface area contributed by atoms with Crippen LogP contribution in [0.15, 0.2) is 22.3 Å². The van der Waals surface area contributed by atoms with Gasteiger partial charge in [-0.3, -0.25) is 10.2 Å². The molecule has 29 heavy (non-hydrogen) atoms. The SMILES string of the molecule is CCC1CCCC/C(C)=C(N(O)NC(=O)Nc2c3c(cc4c2CC4)CCC3)/C=N\1. The number of nitrogens with one attached hydrogen (secondary N) is 2. The lowest BCUT2D eigenvalue weighted by Gasteiger charge is -2.27. The van der Waals surface area contributed by atoms with Crippen LogP contribution in [-0.2, 0) is 25.7 Å². The maximum absolute atomic E-state index is 12.7. The van der Waals surface area contributed by atoms with Crippen molar-refractivity contribution in [1.82, 2.24) is 10.6 Å². The molecule has 4 rings (SSSR count). The number of allylic oxidation sites excluding steroid dienone is 2. The molecular formula is C23H32N4O2. The van der Waals surface area contributed by atoms with E-state index in [1.807, 2.05) is 6.92 Å². The van der Waals surface area contributed by atoms with Gasteiger partial charge in [-0.25, -0.2) is 10.2 Å². The summed E-state index contributed by atoms with van der Waals surface area (Å²) in [5, 5.41) is 14.5. The highest BCUT2D eigenvalue weighted by molar-refractivity contribution is 5.92. The van der Waals surface area contributed by atoms with Crippen molar-refractivity contribution in [3.63, 3.8) is 0 Å². The van der Waals surface area contributed by atoms with E-state index in [-0.39, 0.29) is 6.04 Å². The number of aryl methyl sites for hydroxylation is 2. The van der Waals surface area contributed by atoms with Crippen LogP contribution in [0.5, 0.6) is 0 Å². The van der Waals surface area contributed by atoms with Gasteiger partial charge in [0.1, 0.15) is 5.70 Å². The molecule has 0 radical (unpaired) electrons. The topological polar surface area (TPSA) is 77.0 Å². The quantitative estimate of drug-likeness (QED) is 0.646. The smallest absolute Gasteiger partial charge is 0.306 e. The van der Waals surface area contributed by atoms with Gasteiger partial charge in [0.2, 0.25) is 0 Å². The van der Waals surface area contributed by atoms with E-state index in [2.05, 4.69) is 28.7 Å². The Bertz CT molecular complexity index is 859. The number of hydrazine groups is 1. The Balaban J connectivity index is 1.48. The van der Waals surface area contributed by atoms with Crippen LogP contribution >= 0.6 is 0 Å². The summed E-state index contributed by atoms with van der Waals surface area (Å²) in [5.41, 5.74) is 10.4. The third kappa shape index (κ3) is 4.17. The molecule has 0 aromatic heterocycles. The van der Waals surface area contributed by atoms with Crippen LogP contribution in [0, 0.1) is 0 Å². The van der Waals surface area contributed by atoms with E-state index in [0.29, 0.717) is 5.70 Å². The molecule has 6 heteroatoms. The molecule has 1 aliphatic heterocycles. The zero-order valence-electron chi connectivity index (χ0n) is 17.6. The molecule has 3 N–H and O–H groups in total. The van der Waals surface area contributed by atoms with Crippen LogP contribution in [-0.4, -0.2) is 28.7 Å². The van der Waals surface area contributed by atoms with Gasteiger partial charge in [0.25, 0.3) is 0 Å². The number of urea groups is 1. The Morgan fingerprint density at radius 2 is 1.93 bits per heavy atom. The van der Waals surface area contributed by atoms with Crippen molar-refractivity contribution >= 4 is 17.9 Å². The zero-order valence-corrected chi connectivity index (χ0v) is 17.6. The molecule has 1 atom stereocenters. The number of rotatable bonds is 4. The van der Waals surface area contributed by atoms with Gasteiger partial charge in [-0.1, -0.05) is 19.4 Å². The molecule has 0 spiro atoms. The first kappa shape index (κ1) is 20.0. The fourth-order valence-electron chi connectivity index (χ4n) is 4.70. The molecule has 1 heterocycles. The summed E-state index contributed by atoms with van der Waals surface area (Å²) in [6.07, 6.45) is 12.2. The molecule has 1 unspecified atom stereocenters. The highest BCUT2D eigenvalue weighted by Gasteiger charge is 2.27. The largest absolute Gasteiger partial charge is 0.339 e. The lowest BCUT2D eigenvalue weighted by molar-refractivity contribution is -0.0808. The van der Waals surface area contributed by atoms with Gasteiger partial charge >= 0.3 is 6.03 Å². The van der Waals surface area contributed by atoms with E-state index in [4.69, 9.17) is 0 Å². The summed E-state index contributed by atoms with van der Waals surface area (Å²) in [6, 6.07) is 2.17. The number of nitrogens with zero attached hydrogens (tertiary/aromatic N) is 2. The van der Waals surface area contributed by atoms with Crippen LogP contribution < -0.4 is 10.7 Å². The van der Waals surface area contributed by atoms with Gasteiger partial charge in [0.05, 0.1) is 0 Å². The van der Waals surface area contributed by atoms with Crippen LogP contribution in [0.3, 0.4) is 0 Å². The third-order valence-electron chi connectivity index (χ3n) is 6.57. The number of carbonyl (C=O) groups is 1. The van der Waals surface area contributed by atoms with Gasteiger partial charge in [0.15, 0.2) is 0 Å². The van der Waals surface area contributed by atoms with Crippen molar-refractivity contribution in [2.45, 2.75) is 84.1 Å². The van der Waals surface area contributed by atoms with E-state index in [9.17, 15) is 10.0 Å². The minimum atomic E-state index is -0.414. The Kier molecular flexibility index (Phi) is 5.90. The molecular weight excluding hydrogens is 364 g/mol. The van der Waals surface area contributed by atoms with Crippen LogP contribution in [0.25, 0.3) is 0 Å². The zero-order chi connectivity index (χ0) is 20.4. The van der Waals surface area contributed by atoms with E-state index >= 15 is 0 Å². The van der Waals surface area contributed by atoms with Crippen molar-refractivity contribution in [2.24, 2.45) is 4.99 Å². The van der Waals surface area contributed by atoms with Crippen molar-refractivity contribution in [2.75, 3.05) is 5.32 Å². The Morgan fingerprint density at radius 3 is 2.69 bits per heavy atom. The molecule has 0 saturated carbocycles. The predicted molar refractivity (Wildman–Crippen MR) is 115 cm³/mol. The molecule has 6 nitrogen and oxygen atoms in total. The van der Waals surface area contributed by atoms with Crippen LogP contribution in [0.1, 0.15) is 74.6 Å². The average Bonchev–Trinajstić information content (AvgIpc) is 3.16. The number of hydrogen-bond acceptors (Lipinski definition) is 4. The average molecular weight is 397 g/mol. The summed E-state index contributed by atoms with van der Waals surface area (Å²) in [4.78, 5) is 17.3.